The Bertz CT molecular complexity index is 769. The average molecular weight is 371 g/mol. The third-order valence-electron chi connectivity index (χ3n) is 3.83. The summed E-state index contributed by atoms with van der Waals surface area (Å²) < 4.78 is 26.7. The maximum Gasteiger partial charge on any atom is 0.243 e. The number of benzene rings is 2. The van der Waals surface area contributed by atoms with E-state index < -0.39 is 10.0 Å². The summed E-state index contributed by atoms with van der Waals surface area (Å²) in [6, 6.07) is 13.9. The van der Waals surface area contributed by atoms with Crippen molar-refractivity contribution in [3.05, 3.63) is 58.6 Å². The minimum atomic E-state index is -3.43. The van der Waals surface area contributed by atoms with Crippen molar-refractivity contribution in [1.82, 2.24) is 4.31 Å². The highest BCUT2D eigenvalue weighted by Crippen LogP contribution is 2.27. The molecule has 1 aliphatic rings. The van der Waals surface area contributed by atoms with Crippen LogP contribution in [0.5, 0.6) is 0 Å². The Hall–Kier alpha value is -1.27. The molecule has 3 rings (SSSR count). The summed E-state index contributed by atoms with van der Waals surface area (Å²) >= 11 is 12.1. The van der Waals surface area contributed by atoms with Crippen molar-refractivity contribution < 1.29 is 8.42 Å². The Labute approximate surface area is 146 Å². The largest absolute Gasteiger partial charge is 0.369 e. The quantitative estimate of drug-likeness (QED) is 0.829. The summed E-state index contributed by atoms with van der Waals surface area (Å²) in [6.45, 7) is 2.06. The van der Waals surface area contributed by atoms with Crippen molar-refractivity contribution in [1.29, 1.82) is 0 Å². The van der Waals surface area contributed by atoms with Crippen LogP contribution < -0.4 is 4.90 Å². The highest BCUT2D eigenvalue weighted by molar-refractivity contribution is 7.89. The zero-order chi connectivity index (χ0) is 16.4. The van der Waals surface area contributed by atoms with Gasteiger partial charge in [0.1, 0.15) is 0 Å². The van der Waals surface area contributed by atoms with Gasteiger partial charge in [-0.1, -0.05) is 41.4 Å². The molecule has 2 aromatic rings. The molecule has 0 spiro atoms. The van der Waals surface area contributed by atoms with E-state index in [1.807, 2.05) is 12.1 Å². The maximum absolute atomic E-state index is 12.6. The number of rotatable bonds is 3. The van der Waals surface area contributed by atoms with Gasteiger partial charge in [-0.15, -0.1) is 0 Å². The van der Waals surface area contributed by atoms with Crippen LogP contribution in [0.15, 0.2) is 53.4 Å². The molecule has 0 N–H and O–H groups in total. The molecule has 122 valence electrons. The SMILES string of the molecule is O=S(=O)(c1ccccc1)N1CCN(c2cc(Cl)cc(Cl)c2)CC1. The molecule has 0 radical (unpaired) electrons. The van der Waals surface area contributed by atoms with Crippen molar-refractivity contribution in [3.8, 4) is 0 Å². The third kappa shape index (κ3) is 3.63. The van der Waals surface area contributed by atoms with Crippen LogP contribution in [-0.2, 0) is 10.0 Å². The Morgan fingerprint density at radius 1 is 0.826 bits per heavy atom. The first kappa shape index (κ1) is 16.6. The molecule has 7 heteroatoms. The van der Waals surface area contributed by atoms with Crippen LogP contribution in [0.3, 0.4) is 0 Å². The van der Waals surface area contributed by atoms with Crippen LogP contribution in [0.2, 0.25) is 10.0 Å². The van der Waals surface area contributed by atoms with Gasteiger partial charge in [-0.2, -0.15) is 4.31 Å². The molecule has 0 atom stereocenters. The number of hydrogen-bond donors (Lipinski definition) is 0. The van der Waals surface area contributed by atoms with Gasteiger partial charge >= 0.3 is 0 Å². The van der Waals surface area contributed by atoms with E-state index in [0.717, 1.165) is 5.69 Å². The van der Waals surface area contributed by atoms with E-state index in [4.69, 9.17) is 23.2 Å². The molecule has 0 amide bonds. The molecule has 1 saturated heterocycles. The van der Waals surface area contributed by atoms with Gasteiger partial charge in [-0.3, -0.25) is 0 Å². The van der Waals surface area contributed by atoms with Gasteiger partial charge in [0.2, 0.25) is 10.0 Å². The minimum Gasteiger partial charge on any atom is -0.369 e. The first-order chi connectivity index (χ1) is 11.0. The van der Waals surface area contributed by atoms with E-state index in [1.165, 1.54) is 4.31 Å². The third-order valence-corrected chi connectivity index (χ3v) is 6.18. The fraction of sp³-hybridized carbons (Fsp3) is 0.250. The van der Waals surface area contributed by atoms with E-state index in [2.05, 4.69) is 4.90 Å². The van der Waals surface area contributed by atoms with Crippen LogP contribution in [0.25, 0.3) is 0 Å². The van der Waals surface area contributed by atoms with Crippen molar-refractivity contribution in [2.75, 3.05) is 31.1 Å². The lowest BCUT2D eigenvalue weighted by molar-refractivity contribution is 0.385. The zero-order valence-corrected chi connectivity index (χ0v) is 14.7. The fourth-order valence-corrected chi connectivity index (χ4v) is 4.61. The second-order valence-electron chi connectivity index (χ2n) is 5.33. The van der Waals surface area contributed by atoms with E-state index in [0.29, 0.717) is 41.1 Å². The van der Waals surface area contributed by atoms with Crippen LogP contribution in [-0.4, -0.2) is 38.9 Å². The topological polar surface area (TPSA) is 40.6 Å². The Morgan fingerprint density at radius 3 is 1.96 bits per heavy atom. The molecule has 1 heterocycles. The first-order valence-corrected chi connectivity index (χ1v) is 9.43. The molecule has 1 fully saturated rings. The maximum atomic E-state index is 12.6. The molecule has 2 aromatic carbocycles. The summed E-state index contributed by atoms with van der Waals surface area (Å²) in [7, 11) is -3.43. The van der Waals surface area contributed by atoms with Gasteiger partial charge in [0, 0.05) is 41.9 Å². The van der Waals surface area contributed by atoms with Crippen molar-refractivity contribution in [3.63, 3.8) is 0 Å². The number of sulfonamides is 1. The van der Waals surface area contributed by atoms with Crippen LogP contribution in [0.1, 0.15) is 0 Å². The lowest BCUT2D eigenvalue weighted by Gasteiger charge is -2.35. The molecule has 0 bridgehead atoms. The number of piperazine rings is 1. The van der Waals surface area contributed by atoms with Gasteiger partial charge in [0.05, 0.1) is 4.90 Å². The molecule has 23 heavy (non-hydrogen) atoms. The predicted octanol–water partition coefficient (Wildman–Crippen LogP) is 3.50. The monoisotopic (exact) mass is 370 g/mol. The molecule has 0 unspecified atom stereocenters. The number of hydrogen-bond acceptors (Lipinski definition) is 3. The molecule has 1 aliphatic heterocycles. The number of halogens is 2. The Balaban J connectivity index is 1.73. The van der Waals surface area contributed by atoms with Crippen molar-refractivity contribution in [2.45, 2.75) is 4.90 Å². The van der Waals surface area contributed by atoms with E-state index in [9.17, 15) is 8.42 Å². The zero-order valence-electron chi connectivity index (χ0n) is 12.3. The Kier molecular flexibility index (Phi) is 4.82. The fourth-order valence-electron chi connectivity index (χ4n) is 2.65. The summed E-state index contributed by atoms with van der Waals surface area (Å²) in [4.78, 5) is 2.42. The van der Waals surface area contributed by atoms with Gasteiger partial charge in [-0.05, 0) is 30.3 Å². The molecule has 0 aromatic heterocycles. The van der Waals surface area contributed by atoms with E-state index >= 15 is 0 Å². The second-order valence-corrected chi connectivity index (χ2v) is 8.14. The highest BCUT2D eigenvalue weighted by atomic mass is 35.5. The lowest BCUT2D eigenvalue weighted by Crippen LogP contribution is -2.48. The van der Waals surface area contributed by atoms with Gasteiger partial charge < -0.3 is 4.90 Å². The summed E-state index contributed by atoms with van der Waals surface area (Å²) in [5, 5.41) is 1.15. The van der Waals surface area contributed by atoms with Gasteiger partial charge in [0.25, 0.3) is 0 Å². The Morgan fingerprint density at radius 2 is 1.39 bits per heavy atom. The van der Waals surface area contributed by atoms with Crippen LogP contribution >= 0.6 is 23.2 Å². The van der Waals surface area contributed by atoms with Crippen LogP contribution in [0, 0.1) is 0 Å². The smallest absolute Gasteiger partial charge is 0.243 e. The highest BCUT2D eigenvalue weighted by Gasteiger charge is 2.28. The van der Waals surface area contributed by atoms with Crippen LogP contribution in [0.4, 0.5) is 5.69 Å². The normalized spacial score (nSPS) is 16.5. The number of nitrogens with zero attached hydrogens (tertiary/aromatic N) is 2. The second kappa shape index (κ2) is 6.69. The number of anilines is 1. The molecule has 4 nitrogen and oxygen atoms in total. The molecular weight excluding hydrogens is 355 g/mol. The van der Waals surface area contributed by atoms with Gasteiger partial charge in [0.15, 0.2) is 0 Å². The molecule has 0 aliphatic carbocycles. The van der Waals surface area contributed by atoms with Gasteiger partial charge in [-0.25, -0.2) is 8.42 Å². The van der Waals surface area contributed by atoms with Crippen molar-refractivity contribution in [2.24, 2.45) is 0 Å². The lowest BCUT2D eigenvalue weighted by atomic mass is 10.2. The molecule has 0 saturated carbocycles. The summed E-state index contributed by atoms with van der Waals surface area (Å²) in [5.41, 5.74) is 0.916. The summed E-state index contributed by atoms with van der Waals surface area (Å²) in [6.07, 6.45) is 0. The summed E-state index contributed by atoms with van der Waals surface area (Å²) in [5.74, 6) is 0. The molecular formula is C16H16Cl2N2O2S. The predicted molar refractivity (Wildman–Crippen MR) is 93.9 cm³/mol. The van der Waals surface area contributed by atoms with E-state index in [-0.39, 0.29) is 0 Å². The minimum absolute atomic E-state index is 0.333. The van der Waals surface area contributed by atoms with E-state index in [1.54, 1.807) is 36.4 Å². The van der Waals surface area contributed by atoms with Crippen molar-refractivity contribution >= 4 is 38.9 Å². The average Bonchev–Trinajstić information content (AvgIpc) is 2.55. The first-order valence-electron chi connectivity index (χ1n) is 7.23. The standard InChI is InChI=1S/C16H16Cl2N2O2S/c17-13-10-14(18)12-15(11-13)19-6-8-20(9-7-19)23(21,22)16-4-2-1-3-5-16/h1-5,10-12H,6-9H2.